The predicted molar refractivity (Wildman–Crippen MR) is 199 cm³/mol. The fourth-order valence-electron chi connectivity index (χ4n) is 5.53. The molecular formula is C37H57F3N9+. The van der Waals surface area contributed by atoms with Crippen LogP contribution in [0.4, 0.5) is 18.9 Å². The van der Waals surface area contributed by atoms with Crippen molar-refractivity contribution in [2.24, 2.45) is 22.9 Å². The maximum absolute atomic E-state index is 13.2. The fourth-order valence-corrected chi connectivity index (χ4v) is 5.53. The minimum Gasteiger partial charge on any atom is -0.388 e. The van der Waals surface area contributed by atoms with Gasteiger partial charge in [0.1, 0.15) is 0 Å². The van der Waals surface area contributed by atoms with Gasteiger partial charge in [-0.3, -0.25) is 4.98 Å². The summed E-state index contributed by atoms with van der Waals surface area (Å²) in [7, 11) is 2.17. The van der Waals surface area contributed by atoms with E-state index in [1.165, 1.54) is 12.1 Å². The van der Waals surface area contributed by atoms with E-state index in [0.717, 1.165) is 66.8 Å². The first-order valence-corrected chi connectivity index (χ1v) is 16.7. The highest BCUT2D eigenvalue weighted by molar-refractivity contribution is 5.65. The van der Waals surface area contributed by atoms with E-state index >= 15 is 0 Å². The third kappa shape index (κ3) is 13.8. The molecule has 11 N–H and O–H groups in total. The summed E-state index contributed by atoms with van der Waals surface area (Å²) in [5, 5.41) is 9.97. The van der Waals surface area contributed by atoms with E-state index in [2.05, 4.69) is 60.9 Å². The van der Waals surface area contributed by atoms with Crippen LogP contribution in [0, 0.1) is 0 Å². The lowest BCUT2D eigenvalue weighted by molar-refractivity contribution is -0.907. The van der Waals surface area contributed by atoms with Crippen molar-refractivity contribution in [3.05, 3.63) is 109 Å². The number of quaternary nitrogens is 1. The van der Waals surface area contributed by atoms with Gasteiger partial charge in [0.15, 0.2) is 0 Å². The molecule has 2 aromatic rings. The molecule has 0 bridgehead atoms. The number of nitrogens with zero attached hydrogens (tertiary/aromatic N) is 2. The van der Waals surface area contributed by atoms with Crippen molar-refractivity contribution in [1.29, 1.82) is 0 Å². The molecule has 1 aromatic heterocycles. The number of aromatic nitrogens is 1. The number of likely N-dealkylation sites (N-methyl/N-ethyl adjacent to an activating group) is 1. The third-order valence-electron chi connectivity index (χ3n) is 8.66. The summed E-state index contributed by atoms with van der Waals surface area (Å²) in [4.78, 5) is 4.40. The highest BCUT2D eigenvalue weighted by atomic mass is 19.4. The molecule has 1 heterocycles. The lowest BCUT2D eigenvalue weighted by atomic mass is 10.0. The molecule has 0 saturated heterocycles. The zero-order chi connectivity index (χ0) is 36.6. The second kappa shape index (κ2) is 19.9. The summed E-state index contributed by atoms with van der Waals surface area (Å²) in [5.74, 6) is 0. The molecule has 0 aliphatic heterocycles. The maximum Gasteiger partial charge on any atom is 0.416 e. The van der Waals surface area contributed by atoms with Gasteiger partial charge in [-0.25, -0.2) is 0 Å². The van der Waals surface area contributed by atoms with Crippen molar-refractivity contribution < 1.29 is 17.7 Å². The first kappa shape index (κ1) is 41.2. The Morgan fingerprint density at radius 2 is 1.51 bits per heavy atom. The zero-order valence-corrected chi connectivity index (χ0v) is 29.0. The van der Waals surface area contributed by atoms with Crippen LogP contribution in [0.3, 0.4) is 0 Å². The van der Waals surface area contributed by atoms with E-state index in [9.17, 15) is 13.2 Å². The summed E-state index contributed by atoms with van der Waals surface area (Å²) in [6, 6.07) is 5.92. The van der Waals surface area contributed by atoms with Crippen molar-refractivity contribution in [1.82, 2.24) is 15.6 Å². The van der Waals surface area contributed by atoms with Gasteiger partial charge in [0.05, 0.1) is 55.9 Å². The molecule has 0 aliphatic carbocycles. The monoisotopic (exact) mass is 684 g/mol. The lowest BCUT2D eigenvalue weighted by Crippen LogP contribution is -2.51. The molecule has 0 spiro atoms. The average Bonchev–Trinajstić information content (AvgIpc) is 3.05. The van der Waals surface area contributed by atoms with Crippen LogP contribution in [0.25, 0.3) is 12.2 Å². The van der Waals surface area contributed by atoms with Crippen LogP contribution in [-0.4, -0.2) is 73.9 Å². The van der Waals surface area contributed by atoms with Crippen LogP contribution in [0.1, 0.15) is 48.1 Å². The fraction of sp³-hybridized carbons (Fsp3) is 0.432. The topological polar surface area (TPSA) is 153 Å². The molecule has 2 rings (SSSR count). The van der Waals surface area contributed by atoms with Crippen molar-refractivity contribution in [2.75, 3.05) is 51.6 Å². The van der Waals surface area contributed by atoms with Gasteiger partial charge in [-0.05, 0) is 61.9 Å². The molecule has 0 radical (unpaired) electrons. The summed E-state index contributed by atoms with van der Waals surface area (Å²) in [6.07, 6.45) is 3.99. The van der Waals surface area contributed by atoms with E-state index in [4.69, 9.17) is 22.9 Å². The second-order valence-corrected chi connectivity index (χ2v) is 12.7. The summed E-state index contributed by atoms with van der Waals surface area (Å²) < 4.78 is 40.3. The normalized spacial score (nSPS) is 13.6. The summed E-state index contributed by atoms with van der Waals surface area (Å²) >= 11 is 0. The Kier molecular flexibility index (Phi) is 16.8. The minimum atomic E-state index is -4.42. The molecule has 0 aliphatic rings. The smallest absolute Gasteiger partial charge is 0.388 e. The SMILES string of the molecule is C=Cc1cc(NC(=C)[C@H](Cc2ccc(C(F)(F)F)cc2)NC(=C)C(N)CCCNC(=C)C(N)CCC[N+](C)(CCN)CCN)cnc1C=C. The molecule has 0 fully saturated rings. The van der Waals surface area contributed by atoms with E-state index < -0.39 is 23.8 Å². The Balaban J connectivity index is 1.98. The summed E-state index contributed by atoms with van der Waals surface area (Å²) in [5.41, 5.74) is 28.6. The number of hydrogen-bond donors (Lipinski definition) is 7. The molecule has 1 aromatic carbocycles. The van der Waals surface area contributed by atoms with Gasteiger partial charge >= 0.3 is 6.18 Å². The van der Waals surface area contributed by atoms with Gasteiger partial charge in [0.25, 0.3) is 0 Å². The van der Waals surface area contributed by atoms with Crippen LogP contribution in [0.15, 0.2) is 86.5 Å². The Morgan fingerprint density at radius 1 is 0.898 bits per heavy atom. The lowest BCUT2D eigenvalue weighted by Gasteiger charge is -2.34. The van der Waals surface area contributed by atoms with Crippen LogP contribution in [0.2, 0.25) is 0 Å². The van der Waals surface area contributed by atoms with Crippen LogP contribution in [-0.2, 0) is 12.6 Å². The van der Waals surface area contributed by atoms with Gasteiger partial charge in [0.2, 0.25) is 0 Å². The highest BCUT2D eigenvalue weighted by Gasteiger charge is 2.30. The molecule has 0 saturated carbocycles. The van der Waals surface area contributed by atoms with E-state index in [0.29, 0.717) is 60.8 Å². The third-order valence-corrected chi connectivity index (χ3v) is 8.66. The number of benzene rings is 1. The molecule has 270 valence electrons. The van der Waals surface area contributed by atoms with E-state index in [1.54, 1.807) is 18.3 Å². The molecule has 0 amide bonds. The first-order valence-electron chi connectivity index (χ1n) is 16.7. The van der Waals surface area contributed by atoms with Crippen molar-refractivity contribution in [2.45, 2.75) is 56.4 Å². The van der Waals surface area contributed by atoms with Gasteiger partial charge in [-0.15, -0.1) is 0 Å². The number of nitrogens with two attached hydrogens (primary N) is 4. The Bertz CT molecular complexity index is 1380. The van der Waals surface area contributed by atoms with Crippen molar-refractivity contribution in [3.63, 3.8) is 0 Å². The summed E-state index contributed by atoms with van der Waals surface area (Å²) in [6.45, 7) is 24.7. The molecule has 3 atom stereocenters. The van der Waals surface area contributed by atoms with Crippen molar-refractivity contribution >= 4 is 17.8 Å². The molecule has 2 unspecified atom stereocenters. The predicted octanol–water partition coefficient (Wildman–Crippen LogP) is 4.71. The standard InChI is InChI=1S/C37H57F3N9/c1-7-30-24-32(25-46-35(30)8-2)47-28(5)36(23-29-13-15-31(16-14-29)37(38,39)40)48-27(4)34(44)11-9-19-45-26(3)33(43)12-10-20-49(6,21-17-41)22-18-42/h7-8,13-16,24-25,33-34,36,45,47-48H,1-5,9-12,17-23,41-44H2,6H3/q+1/t33?,34?,36-/m0/s1. The number of hydrogen-bond acceptors (Lipinski definition) is 8. The minimum absolute atomic E-state index is 0.176. The largest absolute Gasteiger partial charge is 0.416 e. The van der Waals surface area contributed by atoms with E-state index in [-0.39, 0.29) is 6.04 Å². The number of pyridine rings is 1. The Hall–Kier alpha value is -3.94. The van der Waals surface area contributed by atoms with Crippen molar-refractivity contribution in [3.8, 4) is 0 Å². The highest BCUT2D eigenvalue weighted by Crippen LogP contribution is 2.29. The van der Waals surface area contributed by atoms with Gasteiger partial charge < -0.3 is 43.4 Å². The van der Waals surface area contributed by atoms with Gasteiger partial charge in [0, 0.05) is 54.4 Å². The molecular weight excluding hydrogens is 627 g/mol. The zero-order valence-electron chi connectivity index (χ0n) is 29.0. The van der Waals surface area contributed by atoms with E-state index in [1.807, 2.05) is 6.07 Å². The van der Waals surface area contributed by atoms with Crippen LogP contribution < -0.4 is 38.9 Å². The van der Waals surface area contributed by atoms with Crippen LogP contribution in [0.5, 0.6) is 0 Å². The second-order valence-electron chi connectivity index (χ2n) is 12.7. The molecule has 9 nitrogen and oxygen atoms in total. The Morgan fingerprint density at radius 3 is 2.08 bits per heavy atom. The van der Waals surface area contributed by atoms with Gasteiger partial charge in [-0.1, -0.05) is 51.1 Å². The first-order chi connectivity index (χ1) is 23.2. The van der Waals surface area contributed by atoms with Gasteiger partial charge in [-0.2, -0.15) is 13.2 Å². The number of nitrogens with one attached hydrogen (secondary N) is 3. The Labute approximate surface area is 290 Å². The quantitative estimate of drug-likeness (QED) is 0.0621. The number of rotatable bonds is 24. The number of anilines is 1. The average molecular weight is 685 g/mol. The van der Waals surface area contributed by atoms with Crippen LogP contribution >= 0.6 is 0 Å². The molecule has 49 heavy (non-hydrogen) atoms. The maximum atomic E-state index is 13.2. The number of alkyl halides is 3. The number of halogens is 3. The molecule has 12 heteroatoms.